The van der Waals surface area contributed by atoms with Gasteiger partial charge in [0.25, 0.3) is 0 Å². The normalized spacial score (nSPS) is 27.6. The van der Waals surface area contributed by atoms with Crippen LogP contribution in [-0.4, -0.2) is 30.3 Å². The summed E-state index contributed by atoms with van der Waals surface area (Å²) < 4.78 is 0. The maximum absolute atomic E-state index is 11.0. The maximum Gasteiger partial charge on any atom is 0.135 e. The second-order valence-corrected chi connectivity index (χ2v) is 4.67. The predicted molar refractivity (Wildman–Crippen MR) is 52.6 cm³/mol. The lowest BCUT2D eigenvalue weighted by Crippen LogP contribution is -2.37. The molecule has 0 N–H and O–H groups in total. The smallest absolute Gasteiger partial charge is 0.135 e. The first kappa shape index (κ1) is 9.20. The van der Waals surface area contributed by atoms with Crippen molar-refractivity contribution in [3.05, 3.63) is 0 Å². The molecule has 0 bridgehead atoms. The third kappa shape index (κ3) is 2.11. The van der Waals surface area contributed by atoms with Crippen LogP contribution < -0.4 is 0 Å². The summed E-state index contributed by atoms with van der Waals surface area (Å²) in [5.74, 6) is 0.456. The lowest BCUT2D eigenvalue weighted by Gasteiger charge is -2.29. The van der Waals surface area contributed by atoms with Crippen LogP contribution in [0.2, 0.25) is 0 Å². The molecule has 1 aliphatic carbocycles. The van der Waals surface area contributed by atoms with Gasteiger partial charge in [0.15, 0.2) is 0 Å². The number of hydrogen-bond donors (Lipinski definition) is 0. The van der Waals surface area contributed by atoms with Crippen molar-refractivity contribution in [1.82, 2.24) is 4.90 Å². The fraction of sp³-hybridized carbons (Fsp3) is 0.909. The number of carbonyl (C=O) groups excluding carboxylic acids is 1. The van der Waals surface area contributed by atoms with Gasteiger partial charge in [-0.3, -0.25) is 4.79 Å². The van der Waals surface area contributed by atoms with E-state index >= 15 is 0 Å². The Morgan fingerprint density at radius 2 is 1.92 bits per heavy atom. The zero-order valence-electron chi connectivity index (χ0n) is 8.51. The van der Waals surface area contributed by atoms with Crippen LogP contribution in [-0.2, 0) is 4.79 Å². The summed E-state index contributed by atoms with van der Waals surface area (Å²) in [5, 5.41) is 0. The van der Waals surface area contributed by atoms with Gasteiger partial charge in [0.2, 0.25) is 0 Å². The molecule has 0 spiro atoms. The number of nitrogens with zero attached hydrogens (tertiary/aromatic N) is 1. The Morgan fingerprint density at radius 3 is 2.38 bits per heavy atom. The Labute approximate surface area is 80.3 Å². The van der Waals surface area contributed by atoms with Gasteiger partial charge in [-0.15, -0.1) is 0 Å². The molecule has 0 atom stereocenters. The van der Waals surface area contributed by atoms with E-state index in [4.69, 9.17) is 0 Å². The molecule has 2 nitrogen and oxygen atoms in total. The van der Waals surface area contributed by atoms with E-state index in [-0.39, 0.29) is 0 Å². The minimum absolute atomic E-state index is 0.456. The average molecular weight is 181 g/mol. The molecule has 1 heterocycles. The number of piperidine rings is 1. The minimum Gasteiger partial charge on any atom is -0.302 e. The molecule has 0 radical (unpaired) electrons. The van der Waals surface area contributed by atoms with E-state index in [1.165, 1.54) is 25.8 Å². The summed E-state index contributed by atoms with van der Waals surface area (Å²) in [6, 6.07) is 0. The van der Waals surface area contributed by atoms with Crippen LogP contribution in [0.25, 0.3) is 0 Å². The van der Waals surface area contributed by atoms with Gasteiger partial charge < -0.3 is 4.90 Å². The van der Waals surface area contributed by atoms with Crippen molar-refractivity contribution in [2.45, 2.75) is 39.0 Å². The van der Waals surface area contributed by atoms with Crippen LogP contribution >= 0.6 is 0 Å². The fourth-order valence-electron chi connectivity index (χ4n) is 2.24. The van der Waals surface area contributed by atoms with Crippen molar-refractivity contribution in [3.8, 4) is 0 Å². The largest absolute Gasteiger partial charge is 0.302 e. The van der Waals surface area contributed by atoms with Gasteiger partial charge in [0.1, 0.15) is 5.78 Å². The molecule has 1 saturated carbocycles. The molecule has 2 rings (SSSR count). The molecular formula is C11H19NO. The Kier molecular flexibility index (Phi) is 2.41. The number of rotatable bonds is 3. The van der Waals surface area contributed by atoms with Gasteiger partial charge in [-0.25, -0.2) is 0 Å². The highest BCUT2D eigenvalue weighted by atomic mass is 16.1. The van der Waals surface area contributed by atoms with E-state index in [2.05, 4.69) is 11.8 Å². The van der Waals surface area contributed by atoms with Crippen molar-refractivity contribution in [2.24, 2.45) is 5.41 Å². The standard InChI is InChI=1S/C11H19NO/c1-2-11(5-6-11)9-12-7-3-10(13)4-8-12/h2-9H2,1H3. The second-order valence-electron chi connectivity index (χ2n) is 4.67. The fourth-order valence-corrected chi connectivity index (χ4v) is 2.24. The zero-order valence-corrected chi connectivity index (χ0v) is 8.51. The first-order valence-electron chi connectivity index (χ1n) is 5.48. The third-order valence-corrected chi connectivity index (χ3v) is 3.68. The van der Waals surface area contributed by atoms with Gasteiger partial charge in [-0.1, -0.05) is 6.92 Å². The van der Waals surface area contributed by atoms with E-state index in [9.17, 15) is 4.79 Å². The van der Waals surface area contributed by atoms with Gasteiger partial charge in [-0.2, -0.15) is 0 Å². The van der Waals surface area contributed by atoms with Gasteiger partial charge in [0, 0.05) is 32.5 Å². The second kappa shape index (κ2) is 3.41. The number of hydrogen-bond acceptors (Lipinski definition) is 2. The first-order chi connectivity index (χ1) is 6.24. The topological polar surface area (TPSA) is 20.3 Å². The summed E-state index contributed by atoms with van der Waals surface area (Å²) in [4.78, 5) is 13.5. The molecule has 0 aromatic rings. The molecule has 0 amide bonds. The molecular weight excluding hydrogens is 162 g/mol. The van der Waals surface area contributed by atoms with Crippen LogP contribution in [0.3, 0.4) is 0 Å². The van der Waals surface area contributed by atoms with E-state index in [1.807, 2.05) is 0 Å². The Balaban J connectivity index is 1.79. The highest BCUT2D eigenvalue weighted by Crippen LogP contribution is 2.49. The molecule has 74 valence electrons. The lowest BCUT2D eigenvalue weighted by atomic mass is 10.0. The van der Waals surface area contributed by atoms with Crippen molar-refractivity contribution in [2.75, 3.05) is 19.6 Å². The van der Waals surface area contributed by atoms with Crippen LogP contribution in [0.4, 0.5) is 0 Å². The van der Waals surface area contributed by atoms with Crippen LogP contribution in [0.5, 0.6) is 0 Å². The summed E-state index contributed by atoms with van der Waals surface area (Å²) in [7, 11) is 0. The van der Waals surface area contributed by atoms with Crippen LogP contribution in [0.15, 0.2) is 0 Å². The molecule has 0 aromatic carbocycles. The highest BCUT2D eigenvalue weighted by molar-refractivity contribution is 5.79. The summed E-state index contributed by atoms with van der Waals surface area (Å²) >= 11 is 0. The average Bonchev–Trinajstić information content (AvgIpc) is 2.90. The van der Waals surface area contributed by atoms with Crippen molar-refractivity contribution in [1.29, 1.82) is 0 Å². The van der Waals surface area contributed by atoms with E-state index in [1.54, 1.807) is 0 Å². The molecule has 2 aliphatic rings. The Morgan fingerprint density at radius 1 is 1.31 bits per heavy atom. The van der Waals surface area contributed by atoms with Crippen molar-refractivity contribution >= 4 is 5.78 Å². The summed E-state index contributed by atoms with van der Waals surface area (Å²) in [6.07, 6.45) is 5.72. The van der Waals surface area contributed by atoms with E-state index < -0.39 is 0 Å². The molecule has 0 unspecified atom stereocenters. The monoisotopic (exact) mass is 181 g/mol. The third-order valence-electron chi connectivity index (χ3n) is 3.68. The van der Waals surface area contributed by atoms with Gasteiger partial charge in [0.05, 0.1) is 0 Å². The molecule has 0 aromatic heterocycles. The van der Waals surface area contributed by atoms with E-state index in [0.717, 1.165) is 25.9 Å². The molecule has 2 heteroatoms. The Hall–Kier alpha value is -0.370. The van der Waals surface area contributed by atoms with Crippen molar-refractivity contribution < 1.29 is 4.79 Å². The van der Waals surface area contributed by atoms with Gasteiger partial charge in [-0.05, 0) is 24.7 Å². The SMILES string of the molecule is CCC1(CN2CCC(=O)CC2)CC1. The quantitative estimate of drug-likeness (QED) is 0.662. The molecule has 2 fully saturated rings. The number of likely N-dealkylation sites (tertiary alicyclic amines) is 1. The summed E-state index contributed by atoms with van der Waals surface area (Å²) in [6.45, 7) is 5.57. The number of ketones is 1. The maximum atomic E-state index is 11.0. The van der Waals surface area contributed by atoms with Crippen LogP contribution in [0, 0.1) is 5.41 Å². The van der Waals surface area contributed by atoms with Gasteiger partial charge >= 0.3 is 0 Å². The predicted octanol–water partition coefficient (Wildman–Crippen LogP) is 1.84. The molecule has 1 saturated heterocycles. The highest BCUT2D eigenvalue weighted by Gasteiger charge is 2.42. The van der Waals surface area contributed by atoms with Crippen molar-refractivity contribution in [3.63, 3.8) is 0 Å². The molecule has 13 heavy (non-hydrogen) atoms. The van der Waals surface area contributed by atoms with Crippen LogP contribution in [0.1, 0.15) is 39.0 Å². The number of carbonyl (C=O) groups is 1. The lowest BCUT2D eigenvalue weighted by molar-refractivity contribution is -0.121. The summed E-state index contributed by atoms with van der Waals surface area (Å²) in [5.41, 5.74) is 0.653. The number of Topliss-reactive ketones (excluding diaryl/α,β-unsaturated/α-hetero) is 1. The molecule has 1 aliphatic heterocycles. The first-order valence-corrected chi connectivity index (χ1v) is 5.48. The Bertz CT molecular complexity index is 198. The minimum atomic E-state index is 0.456. The van der Waals surface area contributed by atoms with E-state index in [0.29, 0.717) is 11.2 Å². The zero-order chi connectivity index (χ0) is 9.31.